The Bertz CT molecular complexity index is 728. The van der Waals surface area contributed by atoms with Gasteiger partial charge >= 0.3 is 5.97 Å². The van der Waals surface area contributed by atoms with E-state index < -0.39 is 17.7 Å². The van der Waals surface area contributed by atoms with Crippen molar-refractivity contribution < 1.29 is 24.2 Å². The van der Waals surface area contributed by atoms with E-state index in [-0.39, 0.29) is 22.6 Å². The molecule has 0 aliphatic rings. The molecule has 0 aliphatic carbocycles. The van der Waals surface area contributed by atoms with Crippen LogP contribution in [0.5, 0.6) is 5.75 Å². The number of halogens is 1. The van der Waals surface area contributed by atoms with Crippen molar-refractivity contribution in [2.75, 3.05) is 5.32 Å². The van der Waals surface area contributed by atoms with Crippen LogP contribution in [-0.2, 0) is 0 Å². The number of carboxylic acids is 1. The molecule has 6 heteroatoms. The molecule has 0 bridgehead atoms. The second-order valence-corrected chi connectivity index (χ2v) is 4.46. The number of hydrogen-bond donors (Lipinski definition) is 3. The fraction of sp³-hybridized carbons (Fsp3) is 0.0667. The molecule has 0 radical (unpaired) electrons. The van der Waals surface area contributed by atoms with E-state index >= 15 is 0 Å². The summed E-state index contributed by atoms with van der Waals surface area (Å²) in [5.41, 5.74) is 0.309. The lowest BCUT2D eigenvalue weighted by Gasteiger charge is -2.10. The Morgan fingerprint density at radius 1 is 1.19 bits per heavy atom. The molecule has 0 heterocycles. The molecule has 0 saturated carbocycles. The Labute approximate surface area is 119 Å². The summed E-state index contributed by atoms with van der Waals surface area (Å²) >= 11 is 0. The first-order valence-corrected chi connectivity index (χ1v) is 6.02. The lowest BCUT2D eigenvalue weighted by Crippen LogP contribution is -2.13. The second-order valence-electron chi connectivity index (χ2n) is 4.46. The average Bonchev–Trinajstić information content (AvgIpc) is 2.42. The van der Waals surface area contributed by atoms with Gasteiger partial charge < -0.3 is 15.5 Å². The molecule has 0 aromatic heterocycles. The molecule has 0 aliphatic heterocycles. The first-order chi connectivity index (χ1) is 9.88. The summed E-state index contributed by atoms with van der Waals surface area (Å²) in [7, 11) is 0. The van der Waals surface area contributed by atoms with Gasteiger partial charge in [0.2, 0.25) is 0 Å². The number of carboxylic acid groups (broad SMARTS) is 1. The molecule has 2 aromatic rings. The number of phenols is 1. The number of carbonyl (C=O) groups is 2. The number of aromatic carboxylic acids is 1. The number of rotatable bonds is 3. The van der Waals surface area contributed by atoms with Gasteiger partial charge in [0, 0.05) is 11.3 Å². The van der Waals surface area contributed by atoms with Gasteiger partial charge in [0.15, 0.2) is 0 Å². The number of aryl methyl sites for hydroxylation is 1. The Balaban J connectivity index is 2.32. The summed E-state index contributed by atoms with van der Waals surface area (Å²) in [4.78, 5) is 23.0. The van der Waals surface area contributed by atoms with Gasteiger partial charge in [0.1, 0.15) is 17.1 Å². The van der Waals surface area contributed by atoms with Crippen molar-refractivity contribution in [2.45, 2.75) is 6.92 Å². The van der Waals surface area contributed by atoms with Crippen molar-refractivity contribution in [1.29, 1.82) is 0 Å². The highest BCUT2D eigenvalue weighted by Gasteiger charge is 2.15. The SMILES string of the molecule is Cc1cc(NC(=O)c2cccc(F)c2)cc(C(=O)O)c1O. The minimum Gasteiger partial charge on any atom is -0.507 e. The molecule has 3 N–H and O–H groups in total. The lowest BCUT2D eigenvalue weighted by atomic mass is 10.1. The topological polar surface area (TPSA) is 86.6 Å². The van der Waals surface area contributed by atoms with Gasteiger partial charge in [-0.2, -0.15) is 0 Å². The predicted octanol–water partition coefficient (Wildman–Crippen LogP) is 2.79. The Morgan fingerprint density at radius 2 is 1.90 bits per heavy atom. The zero-order chi connectivity index (χ0) is 15.6. The highest BCUT2D eigenvalue weighted by molar-refractivity contribution is 6.05. The number of carbonyl (C=O) groups excluding carboxylic acids is 1. The van der Waals surface area contributed by atoms with Crippen LogP contribution < -0.4 is 5.32 Å². The first-order valence-electron chi connectivity index (χ1n) is 6.02. The first kappa shape index (κ1) is 14.5. The number of aromatic hydroxyl groups is 1. The van der Waals surface area contributed by atoms with E-state index in [4.69, 9.17) is 5.11 Å². The predicted molar refractivity (Wildman–Crippen MR) is 74.2 cm³/mol. The quantitative estimate of drug-likeness (QED) is 0.758. The molecule has 5 nitrogen and oxygen atoms in total. The molecule has 0 unspecified atom stereocenters. The van der Waals surface area contributed by atoms with Crippen molar-refractivity contribution in [1.82, 2.24) is 0 Å². The zero-order valence-corrected chi connectivity index (χ0v) is 11.1. The van der Waals surface area contributed by atoms with Crippen LogP contribution in [0.4, 0.5) is 10.1 Å². The minimum absolute atomic E-state index is 0.109. The summed E-state index contributed by atoms with van der Waals surface area (Å²) < 4.78 is 13.1. The number of hydrogen-bond acceptors (Lipinski definition) is 3. The molecule has 0 saturated heterocycles. The van der Waals surface area contributed by atoms with Crippen LogP contribution in [-0.4, -0.2) is 22.1 Å². The second kappa shape index (κ2) is 5.62. The highest BCUT2D eigenvalue weighted by Crippen LogP contribution is 2.26. The van der Waals surface area contributed by atoms with Gasteiger partial charge in [-0.1, -0.05) is 6.07 Å². The van der Waals surface area contributed by atoms with Crippen molar-refractivity contribution in [3.63, 3.8) is 0 Å². The summed E-state index contributed by atoms with van der Waals surface area (Å²) in [6, 6.07) is 7.68. The van der Waals surface area contributed by atoms with Crippen LogP contribution >= 0.6 is 0 Å². The summed E-state index contributed by atoms with van der Waals surface area (Å²) in [5.74, 6) is -2.78. The van der Waals surface area contributed by atoms with E-state index in [1.165, 1.54) is 31.2 Å². The Kier molecular flexibility index (Phi) is 3.89. The maximum atomic E-state index is 13.1. The van der Waals surface area contributed by atoms with Crippen molar-refractivity contribution >= 4 is 17.6 Å². The lowest BCUT2D eigenvalue weighted by molar-refractivity contribution is 0.0693. The molecule has 0 atom stereocenters. The van der Waals surface area contributed by atoms with Gasteiger partial charge in [-0.25, -0.2) is 9.18 Å². The van der Waals surface area contributed by atoms with Gasteiger partial charge in [0.25, 0.3) is 5.91 Å². The standard InChI is InChI=1S/C15H12FNO4/c1-8-5-11(7-12(13(8)18)15(20)21)17-14(19)9-3-2-4-10(16)6-9/h2-7,18H,1H3,(H,17,19)(H,20,21). The smallest absolute Gasteiger partial charge is 0.339 e. The Morgan fingerprint density at radius 3 is 2.52 bits per heavy atom. The van der Waals surface area contributed by atoms with E-state index in [0.29, 0.717) is 5.56 Å². The number of anilines is 1. The summed E-state index contributed by atoms with van der Waals surface area (Å²) in [5, 5.41) is 21.1. The number of nitrogens with one attached hydrogen (secondary N) is 1. The highest BCUT2D eigenvalue weighted by atomic mass is 19.1. The van der Waals surface area contributed by atoms with Crippen molar-refractivity contribution in [3.8, 4) is 5.75 Å². The third-order valence-corrected chi connectivity index (χ3v) is 2.88. The van der Waals surface area contributed by atoms with Crippen LogP contribution in [0, 0.1) is 12.7 Å². The van der Waals surface area contributed by atoms with Crippen molar-refractivity contribution in [3.05, 3.63) is 58.9 Å². The fourth-order valence-electron chi connectivity index (χ4n) is 1.85. The molecule has 108 valence electrons. The van der Waals surface area contributed by atoms with Crippen LogP contribution in [0.3, 0.4) is 0 Å². The maximum Gasteiger partial charge on any atom is 0.339 e. The van der Waals surface area contributed by atoms with Crippen LogP contribution in [0.15, 0.2) is 36.4 Å². The van der Waals surface area contributed by atoms with Gasteiger partial charge in [-0.3, -0.25) is 4.79 Å². The summed E-state index contributed by atoms with van der Waals surface area (Å²) in [6.07, 6.45) is 0. The van der Waals surface area contributed by atoms with Crippen LogP contribution in [0.25, 0.3) is 0 Å². The van der Waals surface area contributed by atoms with E-state index in [0.717, 1.165) is 12.1 Å². The average molecular weight is 289 g/mol. The minimum atomic E-state index is -1.31. The third-order valence-electron chi connectivity index (χ3n) is 2.88. The molecule has 2 rings (SSSR count). The third kappa shape index (κ3) is 3.17. The fourth-order valence-corrected chi connectivity index (χ4v) is 1.85. The van der Waals surface area contributed by atoms with Gasteiger partial charge in [-0.15, -0.1) is 0 Å². The molecule has 0 fully saturated rings. The summed E-state index contributed by atoms with van der Waals surface area (Å²) in [6.45, 7) is 1.51. The van der Waals surface area contributed by atoms with E-state index in [9.17, 15) is 19.1 Å². The van der Waals surface area contributed by atoms with E-state index in [2.05, 4.69) is 5.32 Å². The molecule has 0 spiro atoms. The largest absolute Gasteiger partial charge is 0.507 e. The van der Waals surface area contributed by atoms with Crippen LogP contribution in [0.2, 0.25) is 0 Å². The molecular weight excluding hydrogens is 277 g/mol. The maximum absolute atomic E-state index is 13.1. The van der Waals surface area contributed by atoms with E-state index in [1.54, 1.807) is 0 Å². The molecule has 1 amide bonds. The van der Waals surface area contributed by atoms with Crippen LogP contribution in [0.1, 0.15) is 26.3 Å². The van der Waals surface area contributed by atoms with Crippen molar-refractivity contribution in [2.24, 2.45) is 0 Å². The monoisotopic (exact) mass is 289 g/mol. The van der Waals surface area contributed by atoms with Gasteiger partial charge in [0.05, 0.1) is 0 Å². The van der Waals surface area contributed by atoms with E-state index in [1.807, 2.05) is 0 Å². The molecular formula is C15H12FNO4. The number of benzene rings is 2. The zero-order valence-electron chi connectivity index (χ0n) is 11.1. The number of amides is 1. The molecule has 21 heavy (non-hydrogen) atoms. The molecule has 2 aromatic carbocycles. The normalized spacial score (nSPS) is 10.2. The Hall–Kier alpha value is -2.89. The van der Waals surface area contributed by atoms with Gasteiger partial charge in [-0.05, 0) is 42.8 Å².